The van der Waals surface area contributed by atoms with E-state index in [-0.39, 0.29) is 89.7 Å². The molecule has 9 aromatic carbocycles. The number of amides is 5. The summed E-state index contributed by atoms with van der Waals surface area (Å²) in [4.78, 5) is 71.2. The first-order valence-electron chi connectivity index (χ1n) is 48.0. The molecule has 0 aromatic heterocycles. The van der Waals surface area contributed by atoms with Crippen LogP contribution >= 0.6 is 0 Å². The molecule has 2 fully saturated rings. The van der Waals surface area contributed by atoms with Crippen LogP contribution in [0.25, 0.3) is 55.0 Å². The van der Waals surface area contributed by atoms with Gasteiger partial charge in [-0.3, -0.25) is 42.2 Å². The molecule has 6 aliphatic heterocycles. The number of allylic oxidation sites excluding steroid dienone is 6. The molecule has 2 aliphatic carbocycles. The van der Waals surface area contributed by atoms with Crippen molar-refractivity contribution in [2.24, 2.45) is 11.8 Å². The highest BCUT2D eigenvalue weighted by Crippen LogP contribution is 2.54. The molecular formula is C106H116N10O20S5+2. The molecule has 9 N–H and O–H groups in total. The predicted molar refractivity (Wildman–Crippen MR) is 542 cm³/mol. The highest BCUT2D eigenvalue weighted by molar-refractivity contribution is 7.89. The Morgan fingerprint density at radius 2 is 1.20 bits per heavy atom. The van der Waals surface area contributed by atoms with E-state index in [2.05, 4.69) is 96.7 Å². The van der Waals surface area contributed by atoms with Crippen molar-refractivity contribution in [3.63, 3.8) is 0 Å². The third-order valence-electron chi connectivity index (χ3n) is 28.6. The molecule has 1 saturated carbocycles. The van der Waals surface area contributed by atoms with E-state index in [0.29, 0.717) is 121 Å². The number of nitrogens with zero attached hydrogens (tertiary/aromatic N) is 5. The van der Waals surface area contributed by atoms with Crippen molar-refractivity contribution in [3.05, 3.63) is 257 Å². The van der Waals surface area contributed by atoms with E-state index in [0.717, 1.165) is 114 Å². The zero-order chi connectivity index (χ0) is 100.0. The number of sulfonamides is 1. The number of anilines is 3. The third kappa shape index (κ3) is 20.7. The zero-order valence-corrected chi connectivity index (χ0v) is 83.4. The van der Waals surface area contributed by atoms with Crippen LogP contribution in [0.5, 0.6) is 0 Å². The number of hydrogen-bond acceptors (Lipinski definition) is 18. The molecule has 30 nitrogen and oxygen atoms in total. The summed E-state index contributed by atoms with van der Waals surface area (Å²) in [5.74, 6) is -1.58. The number of unbranched alkanes of at least 4 members (excludes halogenated alkanes) is 2. The normalized spacial score (nSPS) is 17.5. The Kier molecular flexibility index (Phi) is 28.8. The van der Waals surface area contributed by atoms with Gasteiger partial charge in [0.25, 0.3) is 46.4 Å². The number of carbonyl (C=O) groups is 5. The SMILES string of the molecule is CC[C@H](NC(=O)[C@H](CC1CCCCC1)NC(=O)c1ccc(CCNC(=O)C2CCN(S(=O)(=O)c3ccccc3-c3c4ccc(=[N+]5CCc6ccccc65)cc-4oc4cc(N5CCc6ccccc65)ccc34)CC2)cc1)C(=O)NCCNC(=O)CCCCCN1\C(=C/C=C/C=C/C2=[N+](CC)c3ccc4c(S(=O)(=O)O)cc(S(=O)(=O)O)cc4c3C2(C)C)C(C)(C)c2c1ccc1c(S(=O)(=O)O)cc(S(=O)(=O)O)cc21. The highest BCUT2D eigenvalue weighted by atomic mass is 32.2. The Balaban J connectivity index is 0.489. The minimum atomic E-state index is -5.06. The van der Waals surface area contributed by atoms with Crippen molar-refractivity contribution in [1.29, 1.82) is 0 Å². The van der Waals surface area contributed by atoms with E-state index in [4.69, 9.17) is 4.42 Å². The van der Waals surface area contributed by atoms with Gasteiger partial charge >= 0.3 is 0 Å². The number of hydrogen-bond donors (Lipinski definition) is 9. The molecule has 141 heavy (non-hydrogen) atoms. The Hall–Kier alpha value is -12.4. The summed E-state index contributed by atoms with van der Waals surface area (Å²) < 4.78 is 186. The van der Waals surface area contributed by atoms with E-state index in [9.17, 15) is 75.9 Å². The zero-order valence-electron chi connectivity index (χ0n) is 79.3. The van der Waals surface area contributed by atoms with Gasteiger partial charge < -0.3 is 40.8 Å². The number of rotatable bonds is 33. The van der Waals surface area contributed by atoms with Gasteiger partial charge in [-0.05, 0) is 190 Å². The molecule has 0 radical (unpaired) electrons. The quantitative estimate of drug-likeness (QED) is 0.00606. The van der Waals surface area contributed by atoms with Gasteiger partial charge in [-0.15, -0.1) is 0 Å². The van der Waals surface area contributed by atoms with Gasteiger partial charge in [0.1, 0.15) is 39.8 Å². The van der Waals surface area contributed by atoms with Crippen LogP contribution in [0, 0.1) is 11.8 Å². The summed E-state index contributed by atoms with van der Waals surface area (Å²) in [5, 5.41) is 16.7. The van der Waals surface area contributed by atoms with Gasteiger partial charge in [-0.25, -0.2) is 8.42 Å². The van der Waals surface area contributed by atoms with E-state index in [1.54, 1.807) is 73.7 Å². The first kappa shape index (κ1) is 100. The van der Waals surface area contributed by atoms with Crippen molar-refractivity contribution in [2.75, 3.05) is 68.7 Å². The molecule has 1 saturated heterocycles. The maximum absolute atomic E-state index is 15.2. The van der Waals surface area contributed by atoms with Crippen molar-refractivity contribution >= 4 is 147 Å². The maximum atomic E-state index is 15.2. The maximum Gasteiger partial charge on any atom is 0.295 e. The molecule has 6 heterocycles. The van der Waals surface area contributed by atoms with Crippen molar-refractivity contribution in [1.82, 2.24) is 35.5 Å². The second-order valence-electron chi connectivity index (χ2n) is 38.2. The number of piperidine rings is 1. The lowest BCUT2D eigenvalue weighted by atomic mass is 9.79. The summed E-state index contributed by atoms with van der Waals surface area (Å²) in [6.45, 7) is 14.1. The van der Waals surface area contributed by atoms with Crippen LogP contribution in [-0.2, 0) is 99.8 Å². The van der Waals surface area contributed by atoms with Crippen molar-refractivity contribution in [2.45, 2.75) is 192 Å². The first-order valence-corrected chi connectivity index (χ1v) is 55.2. The Bertz CT molecular complexity index is 7670. The molecule has 35 heteroatoms. The van der Waals surface area contributed by atoms with Gasteiger partial charge in [0.05, 0.1) is 26.2 Å². The summed E-state index contributed by atoms with van der Waals surface area (Å²) in [7, 11) is -24.1. The minimum Gasteiger partial charge on any atom is -0.456 e. The van der Waals surface area contributed by atoms with Crippen molar-refractivity contribution in [3.8, 4) is 22.5 Å². The van der Waals surface area contributed by atoms with Crippen LogP contribution in [0.2, 0.25) is 0 Å². The van der Waals surface area contributed by atoms with Gasteiger partial charge in [0.15, 0.2) is 12.3 Å². The topological polar surface area (TPSA) is 426 Å². The smallest absolute Gasteiger partial charge is 0.295 e. The lowest BCUT2D eigenvalue weighted by molar-refractivity contribution is -0.433. The fourth-order valence-corrected chi connectivity index (χ4v) is 25.9. The molecule has 0 spiro atoms. The molecule has 5 amide bonds. The number of fused-ring (bicyclic) bond motifs is 10. The Morgan fingerprint density at radius 1 is 0.539 bits per heavy atom. The van der Waals surface area contributed by atoms with Gasteiger partial charge in [0.2, 0.25) is 50.4 Å². The molecule has 0 bridgehead atoms. The van der Waals surface area contributed by atoms with Gasteiger partial charge in [0, 0.05) is 173 Å². The van der Waals surface area contributed by atoms with E-state index in [1.165, 1.54) is 33.6 Å². The Labute approximate surface area is 821 Å². The van der Waals surface area contributed by atoms with Crippen molar-refractivity contribution < 1.29 is 93.3 Å². The Morgan fingerprint density at radius 3 is 1.89 bits per heavy atom. The number of nitrogens with one attached hydrogen (secondary N) is 5. The fourth-order valence-electron chi connectivity index (χ4n) is 21.5. The first-order chi connectivity index (χ1) is 67.2. The molecule has 738 valence electrons. The fraction of sp³-hybridized carbons (Fsp3) is 0.349. The van der Waals surface area contributed by atoms with E-state index >= 15 is 8.42 Å². The van der Waals surface area contributed by atoms with Crippen LogP contribution < -0.4 is 46.3 Å². The molecular weight excluding hydrogens is 1890 g/mol. The summed E-state index contributed by atoms with van der Waals surface area (Å²) in [6, 6.07) is 51.3. The second kappa shape index (κ2) is 40.5. The largest absolute Gasteiger partial charge is 0.456 e. The average Bonchev–Trinajstić information content (AvgIpc) is 1.45. The van der Waals surface area contributed by atoms with Crippen LogP contribution in [0.3, 0.4) is 0 Å². The minimum absolute atomic E-state index is 0.000893. The predicted octanol–water partition coefficient (Wildman–Crippen LogP) is 15.3. The molecule has 17 rings (SSSR count). The molecule has 2 atom stereocenters. The lowest BCUT2D eigenvalue weighted by Gasteiger charge is -2.31. The number of benzene rings is 10. The molecule has 0 unspecified atom stereocenters. The van der Waals surface area contributed by atoms with Crippen LogP contribution in [0.15, 0.2) is 247 Å². The van der Waals surface area contributed by atoms with Gasteiger partial charge in [-0.2, -0.15) is 47.1 Å². The molecule has 9 aromatic rings. The third-order valence-corrected chi connectivity index (χ3v) is 34.0. The number of carbonyl (C=O) groups excluding carboxylic acids is 5. The monoisotopic (exact) mass is 2010 g/mol. The van der Waals surface area contributed by atoms with Crippen LogP contribution in [0.1, 0.15) is 163 Å². The van der Waals surface area contributed by atoms with E-state index in [1.807, 2.05) is 92.6 Å². The lowest BCUT2D eigenvalue weighted by Crippen LogP contribution is -2.54. The van der Waals surface area contributed by atoms with E-state index < -0.39 is 117 Å². The van der Waals surface area contributed by atoms with Gasteiger partial charge in [-0.1, -0.05) is 150 Å². The summed E-state index contributed by atoms with van der Waals surface area (Å²) >= 11 is 0. The molecule has 8 aliphatic rings. The standard InChI is InChI=1S/C106H114N10O20S5/c1-7-84(103(120)109-54-53-107-97(117)34-16-11-23-55-116-89-46-44-78-83(64-76(139(127,128)129)66-94(78)141(133,134)135)100(89)106(5,6)96(116)33-15-10-14-32-95-105(3,4)99-82-63-75(138(124,125)126)65-93(140(130,131)132)77(82)43-45-88(99)113(95)8-2)110-104(121)85(60-68-24-12-9-13-25-68)111-102(119)71-37-35-67(36-38-71)47-52-108-101(118)72-48-56-112(57-49-72)137(122,123)92-31-22-19-28-81(92)98-79-41-39-73(114-58-50-69-26-17-20-29-86(69)114)61-90(79)136-91-62-74(40-42-80(91)98)115-59-51-70-27-18-21-30-87(70)115/h10,14-15,17-22,26-33,35-46,61-66,68,72,84-85H,7-9,11-13,16,23-25,34,47-60H2,1-6H3,(H7-2,107,108,109,110,111,117,118,119,120,121,124,125,126,127,128,129,130,131,132,133,134,135)/p+2/t84-,85-/m0/s1. The van der Waals surface area contributed by atoms with Crippen LogP contribution in [-0.4, -0.2) is 175 Å². The highest BCUT2D eigenvalue weighted by Gasteiger charge is 2.47. The number of para-hydroxylation sites is 2. The second-order valence-corrected chi connectivity index (χ2v) is 45.7. The van der Waals surface area contributed by atoms with Crippen LogP contribution in [0.4, 0.5) is 28.4 Å². The summed E-state index contributed by atoms with van der Waals surface area (Å²) in [5.41, 5.74) is 11.3. The summed E-state index contributed by atoms with van der Waals surface area (Å²) in [6.07, 6.45) is 18.8. The average molecular weight is 2010 g/mol.